The number of pyridine rings is 1. The van der Waals surface area contributed by atoms with Gasteiger partial charge >= 0.3 is 0 Å². The molecule has 2 aromatic rings. The largest absolute Gasteiger partial charge is 0.370 e. The molecule has 114 valence electrons. The number of thiophene rings is 1. The smallest absolute Gasteiger partial charge is 0.256 e. The molecule has 0 spiro atoms. The van der Waals surface area contributed by atoms with E-state index in [1.54, 1.807) is 23.7 Å². The molecule has 0 aliphatic carbocycles. The summed E-state index contributed by atoms with van der Waals surface area (Å²) < 4.78 is 5.86. The summed E-state index contributed by atoms with van der Waals surface area (Å²) in [4.78, 5) is 17.9. The highest BCUT2D eigenvalue weighted by Gasteiger charge is 2.36. The van der Waals surface area contributed by atoms with Gasteiger partial charge in [0.25, 0.3) is 5.91 Å². The minimum Gasteiger partial charge on any atom is -0.370 e. The van der Waals surface area contributed by atoms with Crippen LogP contribution in [-0.4, -0.2) is 16.5 Å². The molecule has 2 aliphatic rings. The van der Waals surface area contributed by atoms with Crippen molar-refractivity contribution in [2.75, 3.05) is 5.32 Å². The average Bonchev–Trinajstić information content (AvgIpc) is 2.85. The van der Waals surface area contributed by atoms with E-state index in [-0.39, 0.29) is 17.7 Å². The zero-order chi connectivity index (χ0) is 15.3. The number of rotatable bonds is 1. The van der Waals surface area contributed by atoms with Crippen LogP contribution in [0.5, 0.6) is 0 Å². The summed E-state index contributed by atoms with van der Waals surface area (Å²) in [6.07, 6.45) is 4.02. The lowest BCUT2D eigenvalue weighted by Crippen LogP contribution is -2.39. The Morgan fingerprint density at radius 1 is 1.41 bits per heavy atom. The van der Waals surface area contributed by atoms with Gasteiger partial charge in [0, 0.05) is 29.3 Å². The third-order valence-corrected chi connectivity index (χ3v) is 5.22. The van der Waals surface area contributed by atoms with E-state index in [1.807, 2.05) is 12.1 Å². The number of hydrogen-bond acceptors (Lipinski definition) is 5. The molecule has 0 bridgehead atoms. The van der Waals surface area contributed by atoms with Crippen molar-refractivity contribution in [1.29, 1.82) is 0 Å². The number of nitrogens with zero attached hydrogens (tertiary/aromatic N) is 1. The van der Waals surface area contributed by atoms with Crippen molar-refractivity contribution in [3.63, 3.8) is 0 Å². The molecule has 0 radical (unpaired) electrons. The Kier molecular flexibility index (Phi) is 2.99. The van der Waals surface area contributed by atoms with Crippen LogP contribution in [0, 0.1) is 0 Å². The fourth-order valence-electron chi connectivity index (χ4n) is 2.98. The van der Waals surface area contributed by atoms with Crippen molar-refractivity contribution in [2.45, 2.75) is 38.6 Å². The summed E-state index contributed by atoms with van der Waals surface area (Å²) in [7, 11) is 0. The number of carbonyl (C=O) groups is 1. The van der Waals surface area contributed by atoms with Crippen LogP contribution in [0.2, 0.25) is 0 Å². The highest BCUT2D eigenvalue weighted by molar-refractivity contribution is 7.16. The summed E-state index contributed by atoms with van der Waals surface area (Å²) in [5, 5.41) is 7.38. The van der Waals surface area contributed by atoms with Crippen LogP contribution in [0.15, 0.2) is 24.5 Å². The molecule has 6 heteroatoms. The van der Waals surface area contributed by atoms with Crippen LogP contribution in [-0.2, 0) is 17.8 Å². The fraction of sp³-hybridized carbons (Fsp3) is 0.375. The second-order valence-corrected chi connectivity index (χ2v) is 7.38. The van der Waals surface area contributed by atoms with Crippen LogP contribution >= 0.6 is 11.3 Å². The Hall–Kier alpha value is -1.92. The summed E-state index contributed by atoms with van der Waals surface area (Å²) in [5.74, 6) is -0.0159. The lowest BCUT2D eigenvalue weighted by atomic mass is 9.92. The monoisotopic (exact) mass is 315 g/mol. The topological polar surface area (TPSA) is 63.2 Å². The Morgan fingerprint density at radius 3 is 3.05 bits per heavy atom. The molecule has 2 aromatic heterocycles. The van der Waals surface area contributed by atoms with Crippen molar-refractivity contribution >= 4 is 22.2 Å². The Labute approximate surface area is 132 Å². The first kappa shape index (κ1) is 13.7. The van der Waals surface area contributed by atoms with E-state index in [0.29, 0.717) is 6.61 Å². The Bertz CT molecular complexity index is 739. The van der Waals surface area contributed by atoms with Crippen molar-refractivity contribution in [2.24, 2.45) is 0 Å². The van der Waals surface area contributed by atoms with Crippen molar-refractivity contribution in [1.82, 2.24) is 10.3 Å². The highest BCUT2D eigenvalue weighted by atomic mass is 32.1. The normalized spacial score (nSPS) is 22.3. The summed E-state index contributed by atoms with van der Waals surface area (Å²) >= 11 is 1.62. The molecule has 5 nitrogen and oxygen atoms in total. The third kappa shape index (κ3) is 2.19. The molecule has 0 fully saturated rings. The second kappa shape index (κ2) is 4.79. The van der Waals surface area contributed by atoms with Crippen molar-refractivity contribution in [3.8, 4) is 0 Å². The number of amides is 1. The fourth-order valence-corrected chi connectivity index (χ4v) is 4.14. The summed E-state index contributed by atoms with van der Waals surface area (Å²) in [6.45, 7) is 4.70. The quantitative estimate of drug-likeness (QED) is 0.849. The molecule has 0 aromatic carbocycles. The van der Waals surface area contributed by atoms with Gasteiger partial charge in [-0.3, -0.25) is 9.78 Å². The van der Waals surface area contributed by atoms with Crippen molar-refractivity contribution < 1.29 is 9.53 Å². The molecule has 1 atom stereocenters. The average molecular weight is 315 g/mol. The lowest BCUT2D eigenvalue weighted by molar-refractivity contribution is -0.0383. The van der Waals surface area contributed by atoms with Gasteiger partial charge in [0.05, 0.1) is 17.8 Å². The number of fused-ring (bicyclic) bond motifs is 3. The molecule has 0 unspecified atom stereocenters. The second-order valence-electron chi connectivity index (χ2n) is 6.27. The van der Waals surface area contributed by atoms with Crippen LogP contribution in [0.3, 0.4) is 0 Å². The number of nitrogens with one attached hydrogen (secondary N) is 2. The predicted molar refractivity (Wildman–Crippen MR) is 85.0 cm³/mol. The predicted octanol–water partition coefficient (Wildman–Crippen LogP) is 2.85. The molecule has 0 saturated heterocycles. The van der Waals surface area contributed by atoms with Crippen LogP contribution < -0.4 is 10.6 Å². The van der Waals surface area contributed by atoms with E-state index in [2.05, 4.69) is 29.5 Å². The molecule has 2 N–H and O–H groups in total. The molecule has 0 saturated carbocycles. The molecule has 2 aliphatic heterocycles. The maximum absolute atomic E-state index is 12.6. The van der Waals surface area contributed by atoms with E-state index >= 15 is 0 Å². The lowest BCUT2D eigenvalue weighted by Gasteiger charge is -2.31. The van der Waals surface area contributed by atoms with E-state index in [0.717, 1.165) is 33.0 Å². The van der Waals surface area contributed by atoms with Crippen LogP contribution in [0.1, 0.15) is 46.4 Å². The molecule has 1 amide bonds. The summed E-state index contributed by atoms with van der Waals surface area (Å²) in [5.41, 5.74) is 2.65. The van der Waals surface area contributed by atoms with Gasteiger partial charge in [0.2, 0.25) is 0 Å². The van der Waals surface area contributed by atoms with E-state index in [9.17, 15) is 4.79 Å². The molecule has 22 heavy (non-hydrogen) atoms. The van der Waals surface area contributed by atoms with E-state index < -0.39 is 0 Å². The van der Waals surface area contributed by atoms with Gasteiger partial charge in [-0.1, -0.05) is 6.07 Å². The van der Waals surface area contributed by atoms with Gasteiger partial charge in [-0.15, -0.1) is 11.3 Å². The number of aromatic nitrogens is 1. The molecular weight excluding hydrogens is 298 g/mol. The summed E-state index contributed by atoms with van der Waals surface area (Å²) in [6, 6.07) is 3.82. The Balaban J connectivity index is 1.72. The van der Waals surface area contributed by atoms with Gasteiger partial charge in [-0.05, 0) is 25.5 Å². The maximum atomic E-state index is 12.6. The van der Waals surface area contributed by atoms with Gasteiger partial charge < -0.3 is 15.4 Å². The first-order valence-electron chi connectivity index (χ1n) is 7.29. The minimum atomic E-state index is -0.234. The number of carbonyl (C=O) groups excluding carboxylic acids is 1. The van der Waals surface area contributed by atoms with E-state index in [1.165, 1.54) is 0 Å². The number of hydrogen-bond donors (Lipinski definition) is 2. The zero-order valence-corrected chi connectivity index (χ0v) is 13.3. The first-order valence-corrected chi connectivity index (χ1v) is 8.11. The maximum Gasteiger partial charge on any atom is 0.256 e. The highest BCUT2D eigenvalue weighted by Crippen LogP contribution is 2.42. The van der Waals surface area contributed by atoms with E-state index in [4.69, 9.17) is 4.74 Å². The van der Waals surface area contributed by atoms with Gasteiger partial charge in [-0.2, -0.15) is 0 Å². The standard InChI is InChI=1S/C16H17N3O2S/c1-16(2)6-10-11(8-21-16)22-15-12(10)14(20)18-13(19-15)9-4-3-5-17-7-9/h3-5,7,13,19H,6,8H2,1-2H3,(H,18,20)/t13-/m1/s1. The van der Waals surface area contributed by atoms with Crippen molar-refractivity contribution in [3.05, 3.63) is 46.1 Å². The van der Waals surface area contributed by atoms with Gasteiger partial charge in [0.15, 0.2) is 0 Å². The van der Waals surface area contributed by atoms with Gasteiger partial charge in [0.1, 0.15) is 11.2 Å². The molecule has 4 heterocycles. The zero-order valence-electron chi connectivity index (χ0n) is 12.5. The van der Waals surface area contributed by atoms with Gasteiger partial charge in [-0.25, -0.2) is 0 Å². The number of ether oxygens (including phenoxy) is 1. The minimum absolute atomic E-state index is 0.0159. The third-order valence-electron chi connectivity index (χ3n) is 4.08. The molecular formula is C16H17N3O2S. The Morgan fingerprint density at radius 2 is 2.27 bits per heavy atom. The number of anilines is 1. The SMILES string of the molecule is CC1(C)Cc2c(sc3c2C(=O)N[C@@H](c2cccnc2)N3)CO1. The van der Waals surface area contributed by atoms with Crippen LogP contribution in [0.25, 0.3) is 0 Å². The first-order chi connectivity index (χ1) is 10.5. The van der Waals surface area contributed by atoms with Crippen LogP contribution in [0.4, 0.5) is 5.00 Å². The molecule has 4 rings (SSSR count).